The number of ether oxygens (including phenoxy) is 1. The van der Waals surface area contributed by atoms with Crippen LogP contribution in [-0.2, 0) is 27.3 Å². The lowest BCUT2D eigenvalue weighted by Gasteiger charge is -2.34. The predicted octanol–water partition coefficient (Wildman–Crippen LogP) is 3.31. The second-order valence-corrected chi connectivity index (χ2v) is 8.65. The number of thiazole rings is 1. The fourth-order valence-corrected chi connectivity index (χ4v) is 4.22. The lowest BCUT2D eigenvalue weighted by molar-refractivity contribution is -0.142. The van der Waals surface area contributed by atoms with Gasteiger partial charge in [-0.25, -0.2) is 4.98 Å². The van der Waals surface area contributed by atoms with Crippen LogP contribution in [0.2, 0.25) is 10.0 Å². The van der Waals surface area contributed by atoms with E-state index >= 15 is 0 Å². The number of rotatable bonds is 8. The Bertz CT molecular complexity index is 885. The number of benzene rings is 1. The van der Waals surface area contributed by atoms with Gasteiger partial charge in [0.15, 0.2) is 5.13 Å². The third kappa shape index (κ3) is 6.92. The van der Waals surface area contributed by atoms with Gasteiger partial charge in [0.25, 0.3) is 0 Å². The monoisotopic (exact) mass is 470 g/mol. The van der Waals surface area contributed by atoms with Gasteiger partial charge in [0.2, 0.25) is 5.91 Å². The molecule has 2 heterocycles. The Balaban J connectivity index is 1.40. The molecular formula is C20H24Cl2N4O3S. The molecule has 1 fully saturated rings. The van der Waals surface area contributed by atoms with E-state index in [1.165, 1.54) is 11.3 Å². The van der Waals surface area contributed by atoms with E-state index in [9.17, 15) is 9.59 Å². The number of piperazine rings is 1. The average molecular weight is 471 g/mol. The third-order valence-corrected chi connectivity index (χ3v) is 6.20. The molecular weight excluding hydrogens is 447 g/mol. The molecule has 1 aliphatic rings. The van der Waals surface area contributed by atoms with Crippen molar-refractivity contribution >= 4 is 51.5 Å². The van der Waals surface area contributed by atoms with Crippen molar-refractivity contribution in [3.8, 4) is 0 Å². The van der Waals surface area contributed by atoms with Crippen molar-refractivity contribution in [3.63, 3.8) is 0 Å². The molecule has 1 aromatic carbocycles. The van der Waals surface area contributed by atoms with E-state index in [4.69, 9.17) is 27.9 Å². The van der Waals surface area contributed by atoms with Crippen LogP contribution in [0, 0.1) is 0 Å². The Kier molecular flexibility index (Phi) is 8.47. The number of carbonyl (C=O) groups is 2. The molecule has 30 heavy (non-hydrogen) atoms. The molecule has 0 bridgehead atoms. The summed E-state index contributed by atoms with van der Waals surface area (Å²) in [4.78, 5) is 32.6. The molecule has 1 saturated heterocycles. The zero-order valence-electron chi connectivity index (χ0n) is 16.7. The molecule has 1 N–H and O–H groups in total. The van der Waals surface area contributed by atoms with Gasteiger partial charge in [-0.15, -0.1) is 11.3 Å². The molecule has 1 amide bonds. The molecule has 0 spiro atoms. The van der Waals surface area contributed by atoms with Crippen molar-refractivity contribution in [1.82, 2.24) is 14.8 Å². The maximum atomic E-state index is 12.3. The number of nitrogens with one attached hydrogen (secondary N) is 1. The van der Waals surface area contributed by atoms with E-state index in [-0.39, 0.29) is 18.3 Å². The minimum atomic E-state index is -0.320. The quantitative estimate of drug-likeness (QED) is 0.596. The summed E-state index contributed by atoms with van der Waals surface area (Å²) in [6.07, 6.45) is 0.112. The van der Waals surface area contributed by atoms with Crippen molar-refractivity contribution < 1.29 is 14.3 Å². The van der Waals surface area contributed by atoms with Gasteiger partial charge >= 0.3 is 5.97 Å². The fraction of sp³-hybridized carbons (Fsp3) is 0.450. The highest BCUT2D eigenvalue weighted by Gasteiger charge is 2.20. The Morgan fingerprint density at radius 2 is 1.90 bits per heavy atom. The number of amides is 1. The summed E-state index contributed by atoms with van der Waals surface area (Å²) in [5, 5.41) is 6.19. The summed E-state index contributed by atoms with van der Waals surface area (Å²) in [6, 6.07) is 5.70. The molecule has 3 rings (SSSR count). The van der Waals surface area contributed by atoms with Gasteiger partial charge in [0.1, 0.15) is 0 Å². The van der Waals surface area contributed by atoms with Gasteiger partial charge in [-0.3, -0.25) is 19.4 Å². The first-order valence-corrected chi connectivity index (χ1v) is 11.3. The SMILES string of the molecule is CCOC(=O)Cc1csc(NC(=O)CN2CCN(Cc3ccc(Cl)c(Cl)c3)CC2)n1. The lowest BCUT2D eigenvalue weighted by Crippen LogP contribution is -2.48. The van der Waals surface area contributed by atoms with Crippen LogP contribution in [0.4, 0.5) is 5.13 Å². The maximum absolute atomic E-state index is 12.3. The highest BCUT2D eigenvalue weighted by Crippen LogP contribution is 2.23. The standard InChI is InChI=1S/C20H24Cl2N4O3S/c1-2-29-19(28)10-15-13-30-20(23-15)24-18(27)12-26-7-5-25(6-8-26)11-14-3-4-16(21)17(22)9-14/h3-4,9,13H,2,5-8,10-12H2,1H3,(H,23,24,27). The maximum Gasteiger partial charge on any atom is 0.311 e. The largest absolute Gasteiger partial charge is 0.466 e. The number of aromatic nitrogens is 1. The Morgan fingerprint density at radius 3 is 2.60 bits per heavy atom. The highest BCUT2D eigenvalue weighted by molar-refractivity contribution is 7.13. The van der Waals surface area contributed by atoms with E-state index in [0.29, 0.717) is 34.0 Å². The van der Waals surface area contributed by atoms with Crippen molar-refractivity contribution in [2.24, 2.45) is 0 Å². The van der Waals surface area contributed by atoms with Crippen molar-refractivity contribution in [2.45, 2.75) is 19.9 Å². The highest BCUT2D eigenvalue weighted by atomic mass is 35.5. The van der Waals surface area contributed by atoms with Gasteiger partial charge in [-0.05, 0) is 24.6 Å². The summed E-state index contributed by atoms with van der Waals surface area (Å²) in [5.74, 6) is -0.426. The van der Waals surface area contributed by atoms with Crippen LogP contribution in [0.15, 0.2) is 23.6 Å². The van der Waals surface area contributed by atoms with E-state index in [1.54, 1.807) is 12.3 Å². The van der Waals surface area contributed by atoms with Gasteiger partial charge in [0.05, 0.1) is 35.3 Å². The smallest absolute Gasteiger partial charge is 0.311 e. The molecule has 0 aliphatic carbocycles. The third-order valence-electron chi connectivity index (χ3n) is 4.65. The molecule has 0 saturated carbocycles. The second-order valence-electron chi connectivity index (χ2n) is 6.97. The van der Waals surface area contributed by atoms with Crippen LogP contribution >= 0.6 is 34.5 Å². The lowest BCUT2D eigenvalue weighted by atomic mass is 10.2. The minimum Gasteiger partial charge on any atom is -0.466 e. The number of halogens is 2. The normalized spacial score (nSPS) is 15.2. The van der Waals surface area contributed by atoms with Crippen LogP contribution in [0.1, 0.15) is 18.2 Å². The number of carbonyl (C=O) groups excluding carboxylic acids is 2. The first-order valence-electron chi connectivity index (χ1n) is 9.71. The Morgan fingerprint density at radius 1 is 1.17 bits per heavy atom. The summed E-state index contributed by atoms with van der Waals surface area (Å²) in [6.45, 7) is 6.57. The van der Waals surface area contributed by atoms with Crippen molar-refractivity contribution in [2.75, 3.05) is 44.6 Å². The molecule has 0 unspecified atom stereocenters. The molecule has 7 nitrogen and oxygen atoms in total. The first kappa shape index (κ1) is 23.0. The summed E-state index contributed by atoms with van der Waals surface area (Å²) in [5.41, 5.74) is 1.72. The molecule has 1 aromatic heterocycles. The Hall–Kier alpha value is -1.71. The number of hydrogen-bond donors (Lipinski definition) is 1. The van der Waals surface area contributed by atoms with Crippen LogP contribution in [0.3, 0.4) is 0 Å². The van der Waals surface area contributed by atoms with Crippen LogP contribution in [0.25, 0.3) is 0 Å². The van der Waals surface area contributed by atoms with Gasteiger partial charge < -0.3 is 10.1 Å². The molecule has 1 aliphatic heterocycles. The van der Waals surface area contributed by atoms with Gasteiger partial charge in [-0.1, -0.05) is 29.3 Å². The van der Waals surface area contributed by atoms with Gasteiger partial charge in [-0.2, -0.15) is 0 Å². The molecule has 2 aromatic rings. The van der Waals surface area contributed by atoms with Gasteiger partial charge in [0, 0.05) is 38.1 Å². The fourth-order valence-electron chi connectivity index (χ4n) is 3.17. The number of esters is 1. The topological polar surface area (TPSA) is 74.8 Å². The van der Waals surface area contributed by atoms with Crippen LogP contribution < -0.4 is 5.32 Å². The minimum absolute atomic E-state index is 0.107. The van der Waals surface area contributed by atoms with Crippen molar-refractivity contribution in [3.05, 3.63) is 44.9 Å². The zero-order chi connectivity index (χ0) is 21.5. The zero-order valence-corrected chi connectivity index (χ0v) is 19.0. The summed E-state index contributed by atoms with van der Waals surface area (Å²) in [7, 11) is 0. The van der Waals surface area contributed by atoms with E-state index < -0.39 is 0 Å². The van der Waals surface area contributed by atoms with Crippen molar-refractivity contribution in [1.29, 1.82) is 0 Å². The Labute approximate surface area is 189 Å². The summed E-state index contributed by atoms with van der Waals surface area (Å²) < 4.78 is 4.91. The molecule has 162 valence electrons. The first-order chi connectivity index (χ1) is 14.4. The summed E-state index contributed by atoms with van der Waals surface area (Å²) >= 11 is 13.4. The number of anilines is 1. The molecule has 10 heteroatoms. The average Bonchev–Trinajstić information content (AvgIpc) is 3.13. The second kappa shape index (κ2) is 11.1. The van der Waals surface area contributed by atoms with Crippen LogP contribution in [0.5, 0.6) is 0 Å². The van der Waals surface area contributed by atoms with E-state index in [2.05, 4.69) is 20.1 Å². The number of hydrogen-bond acceptors (Lipinski definition) is 7. The number of nitrogens with zero attached hydrogens (tertiary/aromatic N) is 3. The predicted molar refractivity (Wildman–Crippen MR) is 119 cm³/mol. The van der Waals surface area contributed by atoms with E-state index in [1.807, 2.05) is 18.2 Å². The molecule has 0 radical (unpaired) electrons. The van der Waals surface area contributed by atoms with E-state index in [0.717, 1.165) is 38.3 Å². The molecule has 0 atom stereocenters. The van der Waals surface area contributed by atoms with Crippen LogP contribution in [-0.4, -0.2) is 66.0 Å².